The maximum atomic E-state index is 5.39. The second kappa shape index (κ2) is 5.82. The van der Waals surface area contributed by atoms with Crippen molar-refractivity contribution in [2.24, 2.45) is 0 Å². The van der Waals surface area contributed by atoms with Gasteiger partial charge in [0.2, 0.25) is 11.8 Å². The van der Waals surface area contributed by atoms with Crippen LogP contribution < -0.4 is 15.4 Å². The molecule has 2 N–H and O–H groups in total. The molecule has 94 valence electrons. The minimum Gasteiger partial charge on any atom is -0.478 e. The fourth-order valence-corrected chi connectivity index (χ4v) is 1.99. The number of nitrogens with zero attached hydrogens (tertiary/aromatic N) is 2. The maximum Gasteiger partial charge on any atom is 0.226 e. The number of nitrogens with one attached hydrogen (secondary N) is 2. The van der Waals surface area contributed by atoms with Crippen LogP contribution in [0.25, 0.3) is 0 Å². The van der Waals surface area contributed by atoms with Gasteiger partial charge in [-0.3, -0.25) is 0 Å². The number of aromatic nitrogens is 2. The molecule has 1 aromatic heterocycles. The van der Waals surface area contributed by atoms with Gasteiger partial charge in [-0.15, -0.1) is 0 Å². The minimum atomic E-state index is 0.537. The summed E-state index contributed by atoms with van der Waals surface area (Å²) in [7, 11) is 0. The Labute approximate surface area is 102 Å². The summed E-state index contributed by atoms with van der Waals surface area (Å²) in [5, 5.41) is 6.69. The molecule has 1 unspecified atom stereocenters. The van der Waals surface area contributed by atoms with Gasteiger partial charge in [0.1, 0.15) is 0 Å². The number of ether oxygens (including phenoxy) is 1. The molecule has 1 aliphatic rings. The molecule has 17 heavy (non-hydrogen) atoms. The normalized spacial score (nSPS) is 19.3. The van der Waals surface area contributed by atoms with Crippen LogP contribution in [0.1, 0.15) is 25.5 Å². The quantitative estimate of drug-likeness (QED) is 0.808. The summed E-state index contributed by atoms with van der Waals surface area (Å²) in [5.74, 6) is 1.30. The molecule has 2 rings (SSSR count). The molecule has 1 aromatic rings. The van der Waals surface area contributed by atoms with E-state index in [1.807, 2.05) is 19.9 Å². The average Bonchev–Trinajstić information content (AvgIpc) is 2.79. The summed E-state index contributed by atoms with van der Waals surface area (Å²) >= 11 is 0. The first kappa shape index (κ1) is 12.1. The lowest BCUT2D eigenvalue weighted by atomic mass is 10.2. The SMILES string of the molecule is CCOc1cc(C)nc(NCC2CCCN2)n1. The molecule has 0 aliphatic carbocycles. The van der Waals surface area contributed by atoms with Crippen molar-refractivity contribution in [1.82, 2.24) is 15.3 Å². The molecule has 0 aromatic carbocycles. The van der Waals surface area contributed by atoms with E-state index in [9.17, 15) is 0 Å². The summed E-state index contributed by atoms with van der Waals surface area (Å²) in [6, 6.07) is 2.39. The molecule has 5 heteroatoms. The van der Waals surface area contributed by atoms with Crippen molar-refractivity contribution >= 4 is 5.95 Å². The average molecular weight is 236 g/mol. The molecule has 1 fully saturated rings. The van der Waals surface area contributed by atoms with Crippen molar-refractivity contribution in [3.63, 3.8) is 0 Å². The monoisotopic (exact) mass is 236 g/mol. The summed E-state index contributed by atoms with van der Waals surface area (Å²) < 4.78 is 5.39. The Kier molecular flexibility index (Phi) is 4.14. The molecule has 1 saturated heterocycles. The third-order valence-electron chi connectivity index (χ3n) is 2.79. The molecular weight excluding hydrogens is 216 g/mol. The predicted octanol–water partition coefficient (Wildman–Crippen LogP) is 1.35. The zero-order chi connectivity index (χ0) is 12.1. The van der Waals surface area contributed by atoms with Gasteiger partial charge < -0.3 is 15.4 Å². The highest BCUT2D eigenvalue weighted by Gasteiger charge is 2.14. The summed E-state index contributed by atoms with van der Waals surface area (Å²) in [5.41, 5.74) is 0.922. The molecule has 0 bridgehead atoms. The molecule has 0 saturated carbocycles. The third-order valence-corrected chi connectivity index (χ3v) is 2.79. The first-order valence-corrected chi connectivity index (χ1v) is 6.23. The second-order valence-electron chi connectivity index (χ2n) is 4.28. The standard InChI is InChI=1S/C12H20N4O/c1-3-17-11-7-9(2)15-12(16-11)14-8-10-5-4-6-13-10/h7,10,13H,3-6,8H2,1-2H3,(H,14,15,16). The lowest BCUT2D eigenvalue weighted by molar-refractivity contribution is 0.326. The highest BCUT2D eigenvalue weighted by Crippen LogP contribution is 2.12. The van der Waals surface area contributed by atoms with Crippen LogP contribution in [-0.4, -0.2) is 35.7 Å². The van der Waals surface area contributed by atoms with Crippen LogP contribution in [-0.2, 0) is 0 Å². The third kappa shape index (κ3) is 3.56. The summed E-state index contributed by atoms with van der Waals surface area (Å²) in [4.78, 5) is 8.66. The zero-order valence-corrected chi connectivity index (χ0v) is 10.5. The van der Waals surface area contributed by atoms with Gasteiger partial charge in [0.05, 0.1) is 6.61 Å². The molecule has 1 atom stereocenters. The lowest BCUT2D eigenvalue weighted by Gasteiger charge is -2.12. The number of rotatable bonds is 5. The van der Waals surface area contributed by atoms with Crippen LogP contribution >= 0.6 is 0 Å². The van der Waals surface area contributed by atoms with E-state index in [1.54, 1.807) is 0 Å². The van der Waals surface area contributed by atoms with E-state index >= 15 is 0 Å². The van der Waals surface area contributed by atoms with E-state index in [4.69, 9.17) is 4.74 Å². The van der Waals surface area contributed by atoms with Crippen molar-refractivity contribution in [1.29, 1.82) is 0 Å². The molecule has 2 heterocycles. The van der Waals surface area contributed by atoms with Gasteiger partial charge in [0.15, 0.2) is 0 Å². The predicted molar refractivity (Wildman–Crippen MR) is 67.5 cm³/mol. The second-order valence-corrected chi connectivity index (χ2v) is 4.28. The Hall–Kier alpha value is -1.36. The Bertz CT molecular complexity index is 364. The van der Waals surface area contributed by atoms with E-state index in [0.29, 0.717) is 24.5 Å². The highest BCUT2D eigenvalue weighted by molar-refractivity contribution is 5.30. The van der Waals surface area contributed by atoms with Crippen molar-refractivity contribution in [3.05, 3.63) is 11.8 Å². The zero-order valence-electron chi connectivity index (χ0n) is 10.5. The van der Waals surface area contributed by atoms with Crippen molar-refractivity contribution in [2.45, 2.75) is 32.7 Å². The largest absolute Gasteiger partial charge is 0.478 e. The Balaban J connectivity index is 1.94. The van der Waals surface area contributed by atoms with Gasteiger partial charge >= 0.3 is 0 Å². The number of hydrogen-bond acceptors (Lipinski definition) is 5. The molecule has 0 spiro atoms. The molecule has 5 nitrogen and oxygen atoms in total. The number of aryl methyl sites for hydroxylation is 1. The molecular formula is C12H20N4O. The van der Waals surface area contributed by atoms with Crippen molar-refractivity contribution < 1.29 is 4.74 Å². The van der Waals surface area contributed by atoms with Crippen LogP contribution in [0.3, 0.4) is 0 Å². The summed E-state index contributed by atoms with van der Waals surface area (Å²) in [6.07, 6.45) is 2.47. The topological polar surface area (TPSA) is 59.1 Å². The van der Waals surface area contributed by atoms with Gasteiger partial charge in [0, 0.05) is 24.3 Å². The smallest absolute Gasteiger partial charge is 0.226 e. The summed E-state index contributed by atoms with van der Waals surface area (Å²) in [6.45, 7) is 6.51. The molecule has 1 aliphatic heterocycles. The minimum absolute atomic E-state index is 0.537. The highest BCUT2D eigenvalue weighted by atomic mass is 16.5. The van der Waals surface area contributed by atoms with Crippen molar-refractivity contribution in [2.75, 3.05) is 25.0 Å². The number of hydrogen-bond donors (Lipinski definition) is 2. The maximum absolute atomic E-state index is 5.39. The first-order chi connectivity index (χ1) is 8.28. The van der Waals surface area contributed by atoms with Crippen LogP contribution in [0.5, 0.6) is 5.88 Å². The fourth-order valence-electron chi connectivity index (χ4n) is 1.99. The molecule has 0 radical (unpaired) electrons. The van der Waals surface area contributed by atoms with Crippen LogP contribution in [0.4, 0.5) is 5.95 Å². The van der Waals surface area contributed by atoms with E-state index in [1.165, 1.54) is 12.8 Å². The van der Waals surface area contributed by atoms with E-state index < -0.39 is 0 Å². The van der Waals surface area contributed by atoms with Gasteiger partial charge in [0.25, 0.3) is 0 Å². The van der Waals surface area contributed by atoms with Gasteiger partial charge in [-0.2, -0.15) is 4.98 Å². The van der Waals surface area contributed by atoms with Gasteiger partial charge in [-0.05, 0) is 33.2 Å². The Morgan fingerprint density at radius 1 is 1.53 bits per heavy atom. The van der Waals surface area contributed by atoms with Gasteiger partial charge in [-0.1, -0.05) is 0 Å². The van der Waals surface area contributed by atoms with E-state index in [2.05, 4.69) is 20.6 Å². The number of anilines is 1. The molecule has 0 amide bonds. The van der Waals surface area contributed by atoms with Crippen molar-refractivity contribution in [3.8, 4) is 5.88 Å². The Morgan fingerprint density at radius 3 is 3.12 bits per heavy atom. The first-order valence-electron chi connectivity index (χ1n) is 6.23. The van der Waals surface area contributed by atoms with E-state index in [0.717, 1.165) is 18.8 Å². The van der Waals surface area contributed by atoms with Crippen LogP contribution in [0, 0.1) is 6.92 Å². The van der Waals surface area contributed by atoms with Crippen LogP contribution in [0.2, 0.25) is 0 Å². The van der Waals surface area contributed by atoms with Crippen LogP contribution in [0.15, 0.2) is 6.07 Å². The van der Waals surface area contributed by atoms with E-state index in [-0.39, 0.29) is 0 Å². The fraction of sp³-hybridized carbons (Fsp3) is 0.667. The Morgan fingerprint density at radius 2 is 2.41 bits per heavy atom. The lowest BCUT2D eigenvalue weighted by Crippen LogP contribution is -2.29. The van der Waals surface area contributed by atoms with Gasteiger partial charge in [-0.25, -0.2) is 4.98 Å².